The first-order valence-corrected chi connectivity index (χ1v) is 7.68. The molecule has 0 atom stereocenters. The van der Waals surface area contributed by atoms with E-state index < -0.39 is 0 Å². The topological polar surface area (TPSA) is 56.1 Å². The van der Waals surface area contributed by atoms with E-state index in [2.05, 4.69) is 11.4 Å². The van der Waals surface area contributed by atoms with Crippen LogP contribution in [0.5, 0.6) is 0 Å². The maximum atomic E-state index is 12.4. The van der Waals surface area contributed by atoms with Crippen molar-refractivity contribution in [3.8, 4) is 6.07 Å². The maximum absolute atomic E-state index is 12.4. The molecule has 4 nitrogen and oxygen atoms in total. The van der Waals surface area contributed by atoms with Crippen LogP contribution in [0, 0.1) is 18.3 Å². The van der Waals surface area contributed by atoms with Crippen molar-refractivity contribution in [3.05, 3.63) is 71.3 Å². The predicted molar refractivity (Wildman–Crippen MR) is 90.5 cm³/mol. The van der Waals surface area contributed by atoms with Crippen LogP contribution in [0.1, 0.15) is 23.1 Å². The highest BCUT2D eigenvalue weighted by atomic mass is 16.2. The molecular formula is C19H21N3O. The number of urea groups is 1. The molecule has 0 aromatic heterocycles. The largest absolute Gasteiger partial charge is 0.334 e. The van der Waals surface area contributed by atoms with Gasteiger partial charge < -0.3 is 10.2 Å². The number of nitrogens with one attached hydrogen (secondary N) is 1. The molecule has 0 unspecified atom stereocenters. The van der Waals surface area contributed by atoms with Crippen LogP contribution < -0.4 is 5.32 Å². The Morgan fingerprint density at radius 2 is 1.78 bits per heavy atom. The number of hydrogen-bond acceptors (Lipinski definition) is 2. The molecule has 0 saturated heterocycles. The molecule has 0 aliphatic carbocycles. The second-order valence-electron chi connectivity index (χ2n) is 5.46. The van der Waals surface area contributed by atoms with Crippen molar-refractivity contribution >= 4 is 6.03 Å². The third-order valence-electron chi connectivity index (χ3n) is 3.56. The van der Waals surface area contributed by atoms with Crippen molar-refractivity contribution < 1.29 is 4.79 Å². The van der Waals surface area contributed by atoms with Crippen LogP contribution in [0.3, 0.4) is 0 Å². The van der Waals surface area contributed by atoms with E-state index >= 15 is 0 Å². The highest BCUT2D eigenvalue weighted by Crippen LogP contribution is 2.07. The van der Waals surface area contributed by atoms with Crippen LogP contribution in [0.4, 0.5) is 4.79 Å². The molecule has 4 heteroatoms. The SMILES string of the molecule is Cc1ccc(CNC(=O)N(CCC#N)Cc2ccccc2)cc1. The van der Waals surface area contributed by atoms with Crippen molar-refractivity contribution in [2.45, 2.75) is 26.4 Å². The summed E-state index contributed by atoms with van der Waals surface area (Å²) in [6, 6.07) is 19.8. The van der Waals surface area contributed by atoms with Gasteiger partial charge in [-0.15, -0.1) is 0 Å². The molecule has 0 saturated carbocycles. The average Bonchev–Trinajstić information content (AvgIpc) is 2.58. The molecule has 0 bridgehead atoms. The number of carbonyl (C=O) groups is 1. The van der Waals surface area contributed by atoms with E-state index in [1.807, 2.05) is 61.5 Å². The van der Waals surface area contributed by atoms with E-state index in [9.17, 15) is 4.79 Å². The Balaban J connectivity index is 1.95. The van der Waals surface area contributed by atoms with Gasteiger partial charge in [0.1, 0.15) is 0 Å². The average molecular weight is 307 g/mol. The Morgan fingerprint density at radius 3 is 2.43 bits per heavy atom. The molecule has 2 amide bonds. The number of hydrogen-bond donors (Lipinski definition) is 1. The fourth-order valence-electron chi connectivity index (χ4n) is 2.24. The van der Waals surface area contributed by atoms with Gasteiger partial charge in [0.15, 0.2) is 0 Å². The predicted octanol–water partition coefficient (Wildman–Crippen LogP) is 3.62. The van der Waals surface area contributed by atoms with Gasteiger partial charge in [-0.3, -0.25) is 0 Å². The molecule has 2 aromatic rings. The van der Waals surface area contributed by atoms with Crippen LogP contribution >= 0.6 is 0 Å². The zero-order valence-corrected chi connectivity index (χ0v) is 13.3. The van der Waals surface area contributed by atoms with E-state index in [0.717, 1.165) is 11.1 Å². The van der Waals surface area contributed by atoms with Crippen LogP contribution in [-0.4, -0.2) is 17.5 Å². The van der Waals surface area contributed by atoms with Crippen LogP contribution in [0.25, 0.3) is 0 Å². The van der Waals surface area contributed by atoms with E-state index in [0.29, 0.717) is 26.1 Å². The Labute approximate surface area is 137 Å². The van der Waals surface area contributed by atoms with Crippen molar-refractivity contribution in [2.24, 2.45) is 0 Å². The lowest BCUT2D eigenvalue weighted by atomic mass is 10.1. The highest BCUT2D eigenvalue weighted by molar-refractivity contribution is 5.74. The quantitative estimate of drug-likeness (QED) is 0.886. The van der Waals surface area contributed by atoms with Gasteiger partial charge in [-0.2, -0.15) is 5.26 Å². The van der Waals surface area contributed by atoms with Gasteiger partial charge >= 0.3 is 6.03 Å². The molecule has 118 valence electrons. The Bertz CT molecular complexity index is 659. The number of nitriles is 1. The number of aryl methyl sites for hydroxylation is 1. The first-order chi connectivity index (χ1) is 11.2. The number of nitrogens with zero attached hydrogens (tertiary/aromatic N) is 2. The monoisotopic (exact) mass is 307 g/mol. The second-order valence-corrected chi connectivity index (χ2v) is 5.46. The molecule has 23 heavy (non-hydrogen) atoms. The smallest absolute Gasteiger partial charge is 0.317 e. The summed E-state index contributed by atoms with van der Waals surface area (Å²) >= 11 is 0. The summed E-state index contributed by atoms with van der Waals surface area (Å²) in [5.74, 6) is 0. The number of rotatable bonds is 6. The molecule has 0 heterocycles. The van der Waals surface area contributed by atoms with Crippen molar-refractivity contribution in [1.29, 1.82) is 5.26 Å². The minimum Gasteiger partial charge on any atom is -0.334 e. The molecule has 2 aromatic carbocycles. The molecule has 0 fully saturated rings. The lowest BCUT2D eigenvalue weighted by molar-refractivity contribution is 0.196. The van der Waals surface area contributed by atoms with Crippen LogP contribution in [0.2, 0.25) is 0 Å². The zero-order valence-electron chi connectivity index (χ0n) is 13.3. The van der Waals surface area contributed by atoms with Gasteiger partial charge in [0, 0.05) is 19.6 Å². The summed E-state index contributed by atoms with van der Waals surface area (Å²) in [5, 5.41) is 11.7. The van der Waals surface area contributed by atoms with Gasteiger partial charge in [-0.1, -0.05) is 60.2 Å². The molecular weight excluding hydrogens is 286 g/mol. The van der Waals surface area contributed by atoms with E-state index in [1.54, 1.807) is 4.90 Å². The summed E-state index contributed by atoms with van der Waals surface area (Å²) in [6.45, 7) is 3.44. The van der Waals surface area contributed by atoms with E-state index in [4.69, 9.17) is 5.26 Å². The molecule has 0 aliphatic heterocycles. The minimum absolute atomic E-state index is 0.148. The van der Waals surface area contributed by atoms with Gasteiger partial charge in [-0.25, -0.2) is 4.79 Å². The zero-order chi connectivity index (χ0) is 16.5. The highest BCUT2D eigenvalue weighted by Gasteiger charge is 2.13. The Morgan fingerprint density at radius 1 is 1.09 bits per heavy atom. The summed E-state index contributed by atoms with van der Waals surface area (Å²) in [4.78, 5) is 14.1. The standard InChI is InChI=1S/C19H21N3O/c1-16-8-10-17(11-9-16)14-21-19(23)22(13-5-12-20)15-18-6-3-2-4-7-18/h2-4,6-11H,5,13-15H2,1H3,(H,21,23). The Kier molecular flexibility index (Phi) is 6.19. The van der Waals surface area contributed by atoms with Crippen LogP contribution in [-0.2, 0) is 13.1 Å². The molecule has 2 rings (SSSR count). The Hall–Kier alpha value is -2.80. The second kappa shape index (κ2) is 8.60. The fraction of sp³-hybridized carbons (Fsp3) is 0.263. The molecule has 0 radical (unpaired) electrons. The lowest BCUT2D eigenvalue weighted by Gasteiger charge is -2.22. The fourth-order valence-corrected chi connectivity index (χ4v) is 2.24. The van der Waals surface area contributed by atoms with Crippen molar-refractivity contribution in [1.82, 2.24) is 10.2 Å². The third-order valence-corrected chi connectivity index (χ3v) is 3.56. The lowest BCUT2D eigenvalue weighted by Crippen LogP contribution is -2.39. The van der Waals surface area contributed by atoms with Crippen molar-refractivity contribution in [2.75, 3.05) is 6.54 Å². The van der Waals surface area contributed by atoms with Gasteiger partial charge in [-0.05, 0) is 18.1 Å². The normalized spacial score (nSPS) is 9.91. The van der Waals surface area contributed by atoms with Crippen molar-refractivity contribution in [3.63, 3.8) is 0 Å². The van der Waals surface area contributed by atoms with Gasteiger partial charge in [0.05, 0.1) is 12.5 Å². The minimum atomic E-state index is -0.148. The molecule has 0 spiro atoms. The van der Waals surface area contributed by atoms with Crippen LogP contribution in [0.15, 0.2) is 54.6 Å². The number of carbonyl (C=O) groups excluding carboxylic acids is 1. The third kappa shape index (κ3) is 5.48. The first-order valence-electron chi connectivity index (χ1n) is 7.68. The van der Waals surface area contributed by atoms with E-state index in [1.165, 1.54) is 5.56 Å². The van der Waals surface area contributed by atoms with E-state index in [-0.39, 0.29) is 6.03 Å². The summed E-state index contributed by atoms with van der Waals surface area (Å²) in [6.07, 6.45) is 0.324. The molecule has 1 N–H and O–H groups in total. The first kappa shape index (κ1) is 16.6. The summed E-state index contributed by atoms with van der Waals surface area (Å²) < 4.78 is 0. The van der Waals surface area contributed by atoms with Gasteiger partial charge in [0.25, 0.3) is 0 Å². The molecule has 0 aliphatic rings. The maximum Gasteiger partial charge on any atom is 0.317 e. The number of benzene rings is 2. The number of amides is 2. The summed E-state index contributed by atoms with van der Waals surface area (Å²) in [7, 11) is 0. The summed E-state index contributed by atoms with van der Waals surface area (Å²) in [5.41, 5.74) is 3.31. The van der Waals surface area contributed by atoms with Gasteiger partial charge in [0.2, 0.25) is 0 Å².